The van der Waals surface area contributed by atoms with E-state index in [9.17, 15) is 14.4 Å². The molecule has 182 valence electrons. The first-order valence-corrected chi connectivity index (χ1v) is 11.7. The van der Waals surface area contributed by atoms with E-state index in [4.69, 9.17) is 4.74 Å². The van der Waals surface area contributed by atoms with Crippen LogP contribution in [0.5, 0.6) is 0 Å². The first-order valence-electron chi connectivity index (χ1n) is 11.7. The fourth-order valence-corrected chi connectivity index (χ4v) is 3.85. The Balaban J connectivity index is 1.91. The summed E-state index contributed by atoms with van der Waals surface area (Å²) in [5.41, 5.74) is 3.68. The molecule has 0 aromatic heterocycles. The van der Waals surface area contributed by atoms with Crippen molar-refractivity contribution in [2.75, 3.05) is 11.9 Å². The summed E-state index contributed by atoms with van der Waals surface area (Å²) in [5.74, 6) is -0.597. The van der Waals surface area contributed by atoms with Gasteiger partial charge in [0, 0.05) is 11.7 Å². The average Bonchev–Trinajstić information content (AvgIpc) is 3.57. The lowest BCUT2D eigenvalue weighted by Crippen LogP contribution is -2.47. The lowest BCUT2D eigenvalue weighted by Gasteiger charge is -2.33. The number of alkyl carbamates (subject to hydrolysis) is 1. The predicted molar refractivity (Wildman–Crippen MR) is 133 cm³/mol. The molecule has 34 heavy (non-hydrogen) atoms. The maximum Gasteiger partial charge on any atom is 0.408 e. The van der Waals surface area contributed by atoms with E-state index in [-0.39, 0.29) is 24.4 Å². The van der Waals surface area contributed by atoms with Crippen LogP contribution >= 0.6 is 0 Å². The van der Waals surface area contributed by atoms with Gasteiger partial charge in [0.2, 0.25) is 5.91 Å². The summed E-state index contributed by atoms with van der Waals surface area (Å²) in [6.45, 7) is 10.9. The number of hydrogen-bond acceptors (Lipinski definition) is 4. The highest BCUT2D eigenvalue weighted by Gasteiger charge is 2.42. The van der Waals surface area contributed by atoms with Gasteiger partial charge in [0.05, 0.1) is 0 Å². The Morgan fingerprint density at radius 2 is 1.71 bits per heavy atom. The maximum absolute atomic E-state index is 13.7. The average molecular weight is 466 g/mol. The van der Waals surface area contributed by atoms with Crippen LogP contribution in [0.25, 0.3) is 0 Å². The molecule has 1 aliphatic rings. The van der Waals surface area contributed by atoms with Gasteiger partial charge in [-0.15, -0.1) is 0 Å². The van der Waals surface area contributed by atoms with Crippen LogP contribution in [0.3, 0.4) is 0 Å². The number of carbonyl (C=O) groups excluding carboxylic acids is 3. The third kappa shape index (κ3) is 6.59. The first kappa shape index (κ1) is 25.3. The summed E-state index contributed by atoms with van der Waals surface area (Å²) < 4.78 is 5.26. The van der Waals surface area contributed by atoms with Crippen molar-refractivity contribution in [3.8, 4) is 0 Å². The standard InChI is InChI=1S/C27H35N3O4/c1-17-11-12-18(2)21(15-17)24(25(32)29-22-10-8-7-9-19(22)3)30(20-13-14-20)23(31)16-28-26(33)34-27(4,5)6/h7-12,15,20,24H,13-14,16H2,1-6H3,(H,28,33)(H,29,32). The SMILES string of the molecule is Cc1ccc(C)c(C(C(=O)Nc2ccccc2C)N(C(=O)CNC(=O)OC(C)(C)C)C2CC2)c1. The van der Waals surface area contributed by atoms with Gasteiger partial charge in [-0.25, -0.2) is 4.79 Å². The summed E-state index contributed by atoms with van der Waals surface area (Å²) in [5, 5.41) is 5.57. The van der Waals surface area contributed by atoms with Crippen molar-refractivity contribution in [3.63, 3.8) is 0 Å². The van der Waals surface area contributed by atoms with E-state index >= 15 is 0 Å². The van der Waals surface area contributed by atoms with Crippen LogP contribution in [0.2, 0.25) is 0 Å². The molecule has 2 aromatic rings. The molecule has 3 rings (SSSR count). The molecule has 7 heteroatoms. The fourth-order valence-electron chi connectivity index (χ4n) is 3.85. The van der Waals surface area contributed by atoms with E-state index in [2.05, 4.69) is 10.6 Å². The minimum absolute atomic E-state index is 0.0551. The molecular formula is C27H35N3O4. The molecular weight excluding hydrogens is 430 g/mol. The first-order chi connectivity index (χ1) is 16.0. The van der Waals surface area contributed by atoms with Crippen LogP contribution in [-0.2, 0) is 14.3 Å². The minimum atomic E-state index is -0.819. The van der Waals surface area contributed by atoms with Crippen LogP contribution in [0, 0.1) is 20.8 Å². The van der Waals surface area contributed by atoms with Crippen molar-refractivity contribution < 1.29 is 19.1 Å². The second-order valence-electron chi connectivity index (χ2n) is 9.95. The Morgan fingerprint density at radius 3 is 2.32 bits per heavy atom. The minimum Gasteiger partial charge on any atom is -0.444 e. The van der Waals surface area contributed by atoms with E-state index in [1.165, 1.54) is 0 Å². The number of carbonyl (C=O) groups is 3. The van der Waals surface area contributed by atoms with Crippen LogP contribution in [0.1, 0.15) is 61.9 Å². The van der Waals surface area contributed by atoms with Crippen LogP contribution in [-0.4, -0.2) is 41.0 Å². The Bertz CT molecular complexity index is 1070. The van der Waals surface area contributed by atoms with Crippen molar-refractivity contribution in [3.05, 3.63) is 64.7 Å². The number of hydrogen-bond donors (Lipinski definition) is 2. The topological polar surface area (TPSA) is 87.7 Å². The molecule has 1 saturated carbocycles. The molecule has 1 atom stereocenters. The molecule has 2 N–H and O–H groups in total. The quantitative estimate of drug-likeness (QED) is 0.614. The van der Waals surface area contributed by atoms with Crippen molar-refractivity contribution in [2.45, 2.75) is 72.1 Å². The summed E-state index contributed by atoms with van der Waals surface area (Å²) in [7, 11) is 0. The lowest BCUT2D eigenvalue weighted by molar-refractivity contribution is -0.139. The zero-order valence-electron chi connectivity index (χ0n) is 20.9. The van der Waals surface area contributed by atoms with Crippen molar-refractivity contribution in [1.82, 2.24) is 10.2 Å². The van der Waals surface area contributed by atoms with Gasteiger partial charge in [0.1, 0.15) is 18.2 Å². The van der Waals surface area contributed by atoms with Gasteiger partial charge in [-0.05, 0) is 77.1 Å². The molecule has 0 saturated heterocycles. The number of para-hydroxylation sites is 1. The molecule has 2 aromatic carbocycles. The fraction of sp³-hybridized carbons (Fsp3) is 0.444. The Morgan fingerprint density at radius 1 is 1.03 bits per heavy atom. The highest BCUT2D eigenvalue weighted by Crippen LogP contribution is 2.37. The van der Waals surface area contributed by atoms with Crippen molar-refractivity contribution >= 4 is 23.6 Å². The van der Waals surface area contributed by atoms with Gasteiger partial charge in [-0.1, -0.05) is 42.0 Å². The molecule has 3 amide bonds. The van der Waals surface area contributed by atoms with E-state index in [1.807, 2.05) is 63.2 Å². The summed E-state index contributed by atoms with van der Waals surface area (Å²) >= 11 is 0. The highest BCUT2D eigenvalue weighted by molar-refractivity contribution is 5.99. The maximum atomic E-state index is 13.7. The normalized spacial score (nSPS) is 14.2. The molecule has 0 aliphatic heterocycles. The van der Waals surface area contributed by atoms with Gasteiger partial charge in [-0.2, -0.15) is 0 Å². The molecule has 1 fully saturated rings. The van der Waals surface area contributed by atoms with Crippen LogP contribution < -0.4 is 10.6 Å². The zero-order valence-corrected chi connectivity index (χ0v) is 20.9. The smallest absolute Gasteiger partial charge is 0.408 e. The Kier molecular flexibility index (Phi) is 7.64. The number of ether oxygens (including phenoxy) is 1. The molecule has 1 aliphatic carbocycles. The second kappa shape index (κ2) is 10.3. The molecule has 0 bridgehead atoms. The van der Waals surface area contributed by atoms with E-state index in [0.29, 0.717) is 5.69 Å². The second-order valence-corrected chi connectivity index (χ2v) is 9.95. The number of nitrogens with zero attached hydrogens (tertiary/aromatic N) is 1. The molecule has 1 unspecified atom stereocenters. The summed E-state index contributed by atoms with van der Waals surface area (Å²) in [6, 6.07) is 12.6. The Labute approximate surface area is 201 Å². The summed E-state index contributed by atoms with van der Waals surface area (Å²) in [4.78, 5) is 40.9. The largest absolute Gasteiger partial charge is 0.444 e. The monoisotopic (exact) mass is 465 g/mol. The lowest BCUT2D eigenvalue weighted by atomic mass is 9.96. The van der Waals surface area contributed by atoms with E-state index in [0.717, 1.165) is 35.1 Å². The number of anilines is 1. The molecule has 0 radical (unpaired) electrons. The number of amides is 3. The van der Waals surface area contributed by atoms with Crippen molar-refractivity contribution in [2.24, 2.45) is 0 Å². The number of rotatable bonds is 7. The molecule has 7 nitrogen and oxygen atoms in total. The third-order valence-electron chi connectivity index (χ3n) is 5.67. The van der Waals surface area contributed by atoms with Gasteiger partial charge in [0.25, 0.3) is 5.91 Å². The highest BCUT2D eigenvalue weighted by atomic mass is 16.6. The molecule has 0 heterocycles. The van der Waals surface area contributed by atoms with Gasteiger partial charge >= 0.3 is 6.09 Å². The van der Waals surface area contributed by atoms with Gasteiger partial charge in [0.15, 0.2) is 0 Å². The van der Waals surface area contributed by atoms with Gasteiger partial charge < -0.3 is 20.3 Å². The van der Waals surface area contributed by atoms with E-state index < -0.39 is 17.7 Å². The van der Waals surface area contributed by atoms with Crippen LogP contribution in [0.15, 0.2) is 42.5 Å². The number of aryl methyl sites for hydroxylation is 3. The number of nitrogens with one attached hydrogen (secondary N) is 2. The zero-order chi connectivity index (χ0) is 25.0. The third-order valence-corrected chi connectivity index (χ3v) is 5.67. The van der Waals surface area contributed by atoms with Crippen molar-refractivity contribution in [1.29, 1.82) is 0 Å². The number of benzene rings is 2. The molecule has 0 spiro atoms. The Hall–Kier alpha value is -3.35. The van der Waals surface area contributed by atoms with Gasteiger partial charge in [-0.3, -0.25) is 9.59 Å². The predicted octanol–water partition coefficient (Wildman–Crippen LogP) is 4.81. The van der Waals surface area contributed by atoms with Crippen LogP contribution in [0.4, 0.5) is 10.5 Å². The summed E-state index contributed by atoms with van der Waals surface area (Å²) in [6.07, 6.45) is 0.971. The van der Waals surface area contributed by atoms with E-state index in [1.54, 1.807) is 25.7 Å².